The first-order valence-electron chi connectivity index (χ1n) is 5.75. The lowest BCUT2D eigenvalue weighted by Crippen LogP contribution is -2.11. The molecule has 1 aromatic heterocycles. The van der Waals surface area contributed by atoms with Gasteiger partial charge in [-0.1, -0.05) is 0 Å². The Morgan fingerprint density at radius 2 is 1.85 bits per heavy atom. The molecule has 6 heteroatoms. The fourth-order valence-electron chi connectivity index (χ4n) is 1.71. The minimum absolute atomic E-state index is 0.103. The van der Waals surface area contributed by atoms with Gasteiger partial charge in [-0.3, -0.25) is 4.98 Å². The molecule has 0 amide bonds. The summed E-state index contributed by atoms with van der Waals surface area (Å²) in [5, 5.41) is 11.5. The van der Waals surface area contributed by atoms with Gasteiger partial charge in [0.1, 0.15) is 0 Å². The lowest BCUT2D eigenvalue weighted by atomic mass is 10.1. The van der Waals surface area contributed by atoms with E-state index in [1.807, 2.05) is 6.07 Å². The van der Waals surface area contributed by atoms with Crippen LogP contribution in [-0.2, 0) is 12.7 Å². The van der Waals surface area contributed by atoms with Crippen molar-refractivity contribution >= 4 is 5.69 Å². The van der Waals surface area contributed by atoms with Gasteiger partial charge < -0.3 is 5.32 Å². The molecular formula is C14H10F3N3. The zero-order chi connectivity index (χ0) is 14.6. The van der Waals surface area contributed by atoms with E-state index in [2.05, 4.69) is 10.3 Å². The monoisotopic (exact) mass is 277 g/mol. The van der Waals surface area contributed by atoms with E-state index < -0.39 is 11.7 Å². The number of benzene rings is 1. The van der Waals surface area contributed by atoms with Gasteiger partial charge >= 0.3 is 6.18 Å². The standard InChI is InChI=1S/C14H10F3N3/c15-14(16,17)12-2-1-11(8-18)7-13(12)20-9-10-3-5-19-6-4-10/h1-7,20H,9H2. The molecule has 0 saturated carbocycles. The van der Waals surface area contributed by atoms with Gasteiger partial charge in [0, 0.05) is 24.6 Å². The molecule has 2 aromatic rings. The topological polar surface area (TPSA) is 48.7 Å². The van der Waals surface area contributed by atoms with Crippen LogP contribution in [0.25, 0.3) is 0 Å². The molecule has 20 heavy (non-hydrogen) atoms. The van der Waals surface area contributed by atoms with Crippen molar-refractivity contribution in [3.63, 3.8) is 0 Å². The molecule has 3 nitrogen and oxygen atoms in total. The summed E-state index contributed by atoms with van der Waals surface area (Å²) < 4.78 is 38.6. The van der Waals surface area contributed by atoms with Gasteiger partial charge in [0.25, 0.3) is 0 Å². The SMILES string of the molecule is N#Cc1ccc(C(F)(F)F)c(NCc2ccncc2)c1. The van der Waals surface area contributed by atoms with Crippen molar-refractivity contribution in [3.8, 4) is 6.07 Å². The Bertz CT molecular complexity index is 630. The maximum Gasteiger partial charge on any atom is 0.418 e. The number of nitriles is 1. The van der Waals surface area contributed by atoms with Crippen LogP contribution in [0.5, 0.6) is 0 Å². The van der Waals surface area contributed by atoms with Gasteiger partial charge in [-0.05, 0) is 35.9 Å². The number of hydrogen-bond donors (Lipinski definition) is 1. The molecule has 0 spiro atoms. The maximum atomic E-state index is 12.9. The first kappa shape index (κ1) is 13.9. The largest absolute Gasteiger partial charge is 0.418 e. The van der Waals surface area contributed by atoms with Crippen molar-refractivity contribution in [3.05, 3.63) is 59.4 Å². The highest BCUT2D eigenvalue weighted by atomic mass is 19.4. The minimum Gasteiger partial charge on any atom is -0.380 e. The van der Waals surface area contributed by atoms with E-state index >= 15 is 0 Å². The lowest BCUT2D eigenvalue weighted by Gasteiger charge is -2.14. The van der Waals surface area contributed by atoms with Crippen molar-refractivity contribution in [1.29, 1.82) is 5.26 Å². The summed E-state index contributed by atoms with van der Waals surface area (Å²) in [4.78, 5) is 3.83. The third-order valence-electron chi connectivity index (χ3n) is 2.69. The highest BCUT2D eigenvalue weighted by Crippen LogP contribution is 2.35. The highest BCUT2D eigenvalue weighted by Gasteiger charge is 2.33. The molecule has 1 aromatic carbocycles. The summed E-state index contributed by atoms with van der Waals surface area (Å²) in [6, 6.07) is 8.49. The van der Waals surface area contributed by atoms with Crippen LogP contribution in [0, 0.1) is 11.3 Å². The molecule has 2 rings (SSSR count). The van der Waals surface area contributed by atoms with E-state index in [1.54, 1.807) is 24.5 Å². The van der Waals surface area contributed by atoms with Crippen LogP contribution in [0.1, 0.15) is 16.7 Å². The summed E-state index contributed by atoms with van der Waals surface area (Å²) in [7, 11) is 0. The molecule has 0 radical (unpaired) electrons. The Hall–Kier alpha value is -2.55. The van der Waals surface area contributed by atoms with Crippen molar-refractivity contribution in [1.82, 2.24) is 4.98 Å². The summed E-state index contributed by atoms with van der Waals surface area (Å²) in [5.74, 6) is 0. The number of alkyl halides is 3. The number of hydrogen-bond acceptors (Lipinski definition) is 3. The second-order valence-corrected chi connectivity index (χ2v) is 4.08. The molecule has 0 atom stereocenters. The van der Waals surface area contributed by atoms with E-state index in [4.69, 9.17) is 5.26 Å². The summed E-state index contributed by atoms with van der Waals surface area (Å²) >= 11 is 0. The van der Waals surface area contributed by atoms with Crippen LogP contribution in [0.2, 0.25) is 0 Å². The number of nitrogens with zero attached hydrogens (tertiary/aromatic N) is 2. The molecule has 0 saturated heterocycles. The first-order valence-corrected chi connectivity index (χ1v) is 5.75. The number of rotatable bonds is 3. The van der Waals surface area contributed by atoms with Crippen LogP contribution in [0.15, 0.2) is 42.7 Å². The van der Waals surface area contributed by atoms with Crippen LogP contribution >= 0.6 is 0 Å². The van der Waals surface area contributed by atoms with Crippen LogP contribution < -0.4 is 5.32 Å². The van der Waals surface area contributed by atoms with Gasteiger partial charge in [0.2, 0.25) is 0 Å². The summed E-state index contributed by atoms with van der Waals surface area (Å²) in [6.07, 6.45) is -1.34. The molecule has 0 fully saturated rings. The van der Waals surface area contributed by atoms with E-state index in [-0.39, 0.29) is 17.8 Å². The predicted octanol–water partition coefficient (Wildman–Crippen LogP) is 3.58. The summed E-state index contributed by atoms with van der Waals surface area (Å²) in [6.45, 7) is 0.223. The third kappa shape index (κ3) is 3.26. The number of pyridine rings is 1. The molecule has 1 heterocycles. The first-order chi connectivity index (χ1) is 9.50. The average molecular weight is 277 g/mol. The summed E-state index contributed by atoms with van der Waals surface area (Å²) in [5.41, 5.74) is 0.0876. The van der Waals surface area contributed by atoms with Gasteiger partial charge in [0.15, 0.2) is 0 Å². The number of halogens is 3. The smallest absolute Gasteiger partial charge is 0.380 e. The fourth-order valence-corrected chi connectivity index (χ4v) is 1.71. The molecule has 0 aliphatic heterocycles. The van der Waals surface area contributed by atoms with Gasteiger partial charge in [-0.2, -0.15) is 18.4 Å². The van der Waals surface area contributed by atoms with Crippen LogP contribution in [-0.4, -0.2) is 4.98 Å². The lowest BCUT2D eigenvalue weighted by molar-refractivity contribution is -0.137. The van der Waals surface area contributed by atoms with E-state index in [0.717, 1.165) is 17.7 Å². The quantitative estimate of drug-likeness (QED) is 0.932. The Morgan fingerprint density at radius 1 is 1.15 bits per heavy atom. The van der Waals surface area contributed by atoms with Gasteiger partial charge in [0.05, 0.1) is 17.2 Å². The average Bonchev–Trinajstić information content (AvgIpc) is 2.45. The Kier molecular flexibility index (Phi) is 3.89. The normalized spacial score (nSPS) is 10.9. The molecule has 0 unspecified atom stereocenters. The van der Waals surface area contributed by atoms with Crippen molar-refractivity contribution in [2.24, 2.45) is 0 Å². The molecular weight excluding hydrogens is 267 g/mol. The minimum atomic E-state index is -4.46. The third-order valence-corrected chi connectivity index (χ3v) is 2.69. The molecule has 0 aliphatic rings. The van der Waals surface area contributed by atoms with E-state index in [0.29, 0.717) is 0 Å². The second kappa shape index (κ2) is 5.61. The van der Waals surface area contributed by atoms with Crippen LogP contribution in [0.4, 0.5) is 18.9 Å². The number of aromatic nitrogens is 1. The Balaban J connectivity index is 2.27. The Labute approximate surface area is 113 Å². The molecule has 1 N–H and O–H groups in total. The van der Waals surface area contributed by atoms with Crippen molar-refractivity contribution in [2.45, 2.75) is 12.7 Å². The van der Waals surface area contributed by atoms with E-state index in [9.17, 15) is 13.2 Å². The second-order valence-electron chi connectivity index (χ2n) is 4.08. The fraction of sp³-hybridized carbons (Fsp3) is 0.143. The maximum absolute atomic E-state index is 12.9. The molecule has 102 valence electrons. The van der Waals surface area contributed by atoms with Crippen molar-refractivity contribution in [2.75, 3.05) is 5.32 Å². The van der Waals surface area contributed by atoms with Gasteiger partial charge in [-0.25, -0.2) is 0 Å². The number of anilines is 1. The molecule has 0 aliphatic carbocycles. The van der Waals surface area contributed by atoms with E-state index in [1.165, 1.54) is 6.07 Å². The highest BCUT2D eigenvalue weighted by molar-refractivity contribution is 5.57. The van der Waals surface area contributed by atoms with Crippen molar-refractivity contribution < 1.29 is 13.2 Å². The Morgan fingerprint density at radius 3 is 2.45 bits per heavy atom. The zero-order valence-electron chi connectivity index (χ0n) is 10.3. The van der Waals surface area contributed by atoms with Gasteiger partial charge in [-0.15, -0.1) is 0 Å². The molecule has 0 bridgehead atoms. The number of nitrogens with one attached hydrogen (secondary N) is 1. The van der Waals surface area contributed by atoms with Crippen LogP contribution in [0.3, 0.4) is 0 Å². The zero-order valence-corrected chi connectivity index (χ0v) is 10.3. The predicted molar refractivity (Wildman–Crippen MR) is 67.7 cm³/mol.